The van der Waals surface area contributed by atoms with E-state index < -0.39 is 0 Å². The van der Waals surface area contributed by atoms with Gasteiger partial charge < -0.3 is 14.8 Å². The van der Waals surface area contributed by atoms with Gasteiger partial charge in [0.1, 0.15) is 11.5 Å². The molecule has 1 atom stereocenters. The minimum Gasteiger partial charge on any atom is -0.497 e. The number of anilines is 1. The second-order valence-corrected chi connectivity index (χ2v) is 3.98. The number of ether oxygens (including phenoxy) is 2. The number of hydrogen-bond acceptors (Lipinski definition) is 3. The molecule has 1 aromatic carbocycles. The molecule has 0 aromatic heterocycles. The minimum absolute atomic E-state index is 0.385. The third kappa shape index (κ3) is 4.02. The summed E-state index contributed by atoms with van der Waals surface area (Å²) >= 11 is 0. The fourth-order valence-electron chi connectivity index (χ4n) is 1.62. The molecule has 17 heavy (non-hydrogen) atoms. The molecule has 1 unspecified atom stereocenters. The Bertz CT molecular complexity index is 363. The van der Waals surface area contributed by atoms with Gasteiger partial charge in [0.25, 0.3) is 0 Å². The van der Waals surface area contributed by atoms with Gasteiger partial charge in [0, 0.05) is 12.1 Å². The summed E-state index contributed by atoms with van der Waals surface area (Å²) in [4.78, 5) is 0. The number of allylic oxidation sites excluding steroid dienone is 1. The first-order valence-corrected chi connectivity index (χ1v) is 5.80. The minimum atomic E-state index is 0.385. The summed E-state index contributed by atoms with van der Waals surface area (Å²) in [6.07, 6.45) is 3.99. The van der Waals surface area contributed by atoms with Crippen molar-refractivity contribution in [2.75, 3.05) is 19.5 Å². The van der Waals surface area contributed by atoms with E-state index >= 15 is 0 Å². The molecule has 0 aliphatic rings. The van der Waals surface area contributed by atoms with Gasteiger partial charge in [-0.15, -0.1) is 6.58 Å². The molecule has 94 valence electrons. The Labute approximate surface area is 103 Å². The fraction of sp³-hybridized carbons (Fsp3) is 0.429. The second-order valence-electron chi connectivity index (χ2n) is 3.98. The van der Waals surface area contributed by atoms with Gasteiger partial charge in [-0.3, -0.25) is 0 Å². The van der Waals surface area contributed by atoms with Gasteiger partial charge in [-0.05, 0) is 31.9 Å². The van der Waals surface area contributed by atoms with E-state index in [0.717, 1.165) is 30.0 Å². The number of methoxy groups -OCH3 is 2. The first kappa shape index (κ1) is 13.4. The lowest BCUT2D eigenvalue weighted by Gasteiger charge is -2.17. The maximum absolute atomic E-state index is 5.33. The van der Waals surface area contributed by atoms with Gasteiger partial charge in [-0.25, -0.2) is 0 Å². The molecule has 0 amide bonds. The van der Waals surface area contributed by atoms with Gasteiger partial charge >= 0.3 is 0 Å². The highest BCUT2D eigenvalue weighted by molar-refractivity contribution is 5.59. The van der Waals surface area contributed by atoms with Gasteiger partial charge in [0.05, 0.1) is 19.9 Å². The van der Waals surface area contributed by atoms with Crippen molar-refractivity contribution in [3.8, 4) is 11.5 Å². The quantitative estimate of drug-likeness (QED) is 0.734. The van der Waals surface area contributed by atoms with Gasteiger partial charge in [0.15, 0.2) is 0 Å². The molecule has 1 N–H and O–H groups in total. The van der Waals surface area contributed by atoms with Crippen LogP contribution in [0.25, 0.3) is 0 Å². The van der Waals surface area contributed by atoms with Crippen molar-refractivity contribution < 1.29 is 9.47 Å². The molecule has 3 nitrogen and oxygen atoms in total. The van der Waals surface area contributed by atoms with Crippen molar-refractivity contribution in [2.45, 2.75) is 25.8 Å². The molecule has 0 saturated heterocycles. The summed E-state index contributed by atoms with van der Waals surface area (Å²) in [5.41, 5.74) is 0.991. The maximum Gasteiger partial charge on any atom is 0.145 e. The predicted molar refractivity (Wildman–Crippen MR) is 72.1 cm³/mol. The molecule has 0 bridgehead atoms. The van der Waals surface area contributed by atoms with E-state index in [0.29, 0.717) is 6.04 Å². The van der Waals surface area contributed by atoms with Crippen molar-refractivity contribution in [1.29, 1.82) is 0 Å². The fourth-order valence-corrected chi connectivity index (χ4v) is 1.62. The smallest absolute Gasteiger partial charge is 0.145 e. The van der Waals surface area contributed by atoms with Crippen LogP contribution < -0.4 is 14.8 Å². The van der Waals surface area contributed by atoms with E-state index in [1.165, 1.54) is 0 Å². The zero-order valence-corrected chi connectivity index (χ0v) is 10.8. The monoisotopic (exact) mass is 235 g/mol. The van der Waals surface area contributed by atoms with E-state index in [4.69, 9.17) is 9.47 Å². The summed E-state index contributed by atoms with van der Waals surface area (Å²) < 4.78 is 10.5. The molecule has 0 fully saturated rings. The van der Waals surface area contributed by atoms with Crippen LogP contribution in [0.3, 0.4) is 0 Å². The van der Waals surface area contributed by atoms with Gasteiger partial charge in [0.2, 0.25) is 0 Å². The second kappa shape index (κ2) is 6.84. The molecule has 1 aromatic rings. The first-order valence-electron chi connectivity index (χ1n) is 5.80. The van der Waals surface area contributed by atoms with Crippen LogP contribution in [-0.2, 0) is 0 Å². The standard InChI is InChI=1S/C14H21NO2/c1-5-6-7-11(2)15-13-9-8-12(16-3)10-14(13)17-4/h5,8-11,15H,1,6-7H2,2-4H3. The largest absolute Gasteiger partial charge is 0.497 e. The van der Waals surface area contributed by atoms with E-state index in [1.807, 2.05) is 24.3 Å². The Hall–Kier alpha value is -1.64. The molecular weight excluding hydrogens is 214 g/mol. The van der Waals surface area contributed by atoms with Crippen molar-refractivity contribution in [1.82, 2.24) is 0 Å². The lowest BCUT2D eigenvalue weighted by Crippen LogP contribution is -2.15. The van der Waals surface area contributed by atoms with Crippen LogP contribution in [0.4, 0.5) is 5.69 Å². The lowest BCUT2D eigenvalue weighted by molar-refractivity contribution is 0.395. The Morgan fingerprint density at radius 1 is 1.35 bits per heavy atom. The SMILES string of the molecule is C=CCCC(C)Nc1ccc(OC)cc1OC. The number of benzene rings is 1. The van der Waals surface area contributed by atoms with Gasteiger partial charge in [-0.1, -0.05) is 6.08 Å². The van der Waals surface area contributed by atoms with Crippen molar-refractivity contribution in [3.05, 3.63) is 30.9 Å². The summed E-state index contributed by atoms with van der Waals surface area (Å²) in [7, 11) is 3.31. The summed E-state index contributed by atoms with van der Waals surface area (Å²) in [5.74, 6) is 1.60. The molecule has 0 radical (unpaired) electrons. The Morgan fingerprint density at radius 2 is 2.12 bits per heavy atom. The summed E-state index contributed by atoms with van der Waals surface area (Å²) in [6, 6.07) is 6.16. The molecule has 3 heteroatoms. The average molecular weight is 235 g/mol. The normalized spacial score (nSPS) is 11.7. The van der Waals surface area contributed by atoms with Crippen LogP contribution >= 0.6 is 0 Å². The van der Waals surface area contributed by atoms with Crippen molar-refractivity contribution in [2.24, 2.45) is 0 Å². The first-order chi connectivity index (χ1) is 8.21. The zero-order chi connectivity index (χ0) is 12.7. The molecule has 0 aliphatic heterocycles. The zero-order valence-electron chi connectivity index (χ0n) is 10.8. The molecule has 1 rings (SSSR count). The van der Waals surface area contributed by atoms with E-state index in [9.17, 15) is 0 Å². The van der Waals surface area contributed by atoms with Gasteiger partial charge in [-0.2, -0.15) is 0 Å². The third-order valence-electron chi connectivity index (χ3n) is 2.61. The van der Waals surface area contributed by atoms with Crippen LogP contribution in [-0.4, -0.2) is 20.3 Å². The van der Waals surface area contributed by atoms with Crippen molar-refractivity contribution >= 4 is 5.69 Å². The predicted octanol–water partition coefficient (Wildman–Crippen LogP) is 3.47. The van der Waals surface area contributed by atoms with E-state index in [1.54, 1.807) is 14.2 Å². The molecule has 0 aliphatic carbocycles. The third-order valence-corrected chi connectivity index (χ3v) is 2.61. The summed E-state index contributed by atoms with van der Waals surface area (Å²) in [6.45, 7) is 5.87. The Kier molecular flexibility index (Phi) is 5.40. The molecule has 0 saturated carbocycles. The van der Waals surface area contributed by atoms with Crippen LogP contribution in [0.15, 0.2) is 30.9 Å². The maximum atomic E-state index is 5.33. The van der Waals surface area contributed by atoms with E-state index in [-0.39, 0.29) is 0 Å². The highest BCUT2D eigenvalue weighted by atomic mass is 16.5. The van der Waals surface area contributed by atoms with Crippen LogP contribution in [0.2, 0.25) is 0 Å². The van der Waals surface area contributed by atoms with Crippen molar-refractivity contribution in [3.63, 3.8) is 0 Å². The molecular formula is C14H21NO2. The number of rotatable bonds is 7. The van der Waals surface area contributed by atoms with E-state index in [2.05, 4.69) is 18.8 Å². The van der Waals surface area contributed by atoms with Crippen LogP contribution in [0, 0.1) is 0 Å². The topological polar surface area (TPSA) is 30.5 Å². The highest BCUT2D eigenvalue weighted by Crippen LogP contribution is 2.29. The lowest BCUT2D eigenvalue weighted by atomic mass is 10.1. The highest BCUT2D eigenvalue weighted by Gasteiger charge is 2.07. The Balaban J connectivity index is 2.72. The number of hydrogen-bond donors (Lipinski definition) is 1. The Morgan fingerprint density at radius 3 is 2.71 bits per heavy atom. The van der Waals surface area contributed by atoms with Crippen LogP contribution in [0.1, 0.15) is 19.8 Å². The van der Waals surface area contributed by atoms with Crippen LogP contribution in [0.5, 0.6) is 11.5 Å². The summed E-state index contributed by atoms with van der Waals surface area (Å²) in [5, 5.41) is 3.42. The average Bonchev–Trinajstić information content (AvgIpc) is 2.36. The molecule has 0 heterocycles. The molecule has 0 spiro atoms. The number of nitrogens with one attached hydrogen (secondary N) is 1.